The molecule has 2 rings (SSSR count). The van der Waals surface area contributed by atoms with Gasteiger partial charge in [0.15, 0.2) is 0 Å². The van der Waals surface area contributed by atoms with Gasteiger partial charge in [0.05, 0.1) is 27.7 Å². The fraction of sp³-hybridized carbons (Fsp3) is 0.462. The van der Waals surface area contributed by atoms with Crippen molar-refractivity contribution in [1.29, 1.82) is 0 Å². The Kier molecular flexibility index (Phi) is 3.82. The summed E-state index contributed by atoms with van der Waals surface area (Å²) in [6.07, 6.45) is 0. The van der Waals surface area contributed by atoms with Crippen LogP contribution in [-0.2, 0) is 11.3 Å². The van der Waals surface area contributed by atoms with E-state index in [-0.39, 0.29) is 11.4 Å². The van der Waals surface area contributed by atoms with E-state index in [1.54, 1.807) is 6.07 Å². The zero-order chi connectivity index (χ0) is 14.2. The molecule has 0 spiro atoms. The lowest BCUT2D eigenvalue weighted by atomic mass is 10.1. The Bertz CT molecular complexity index is 609. The second kappa shape index (κ2) is 5.09. The van der Waals surface area contributed by atoms with Crippen molar-refractivity contribution in [2.24, 2.45) is 0 Å². The fourth-order valence-corrected chi connectivity index (χ4v) is 2.45. The van der Waals surface area contributed by atoms with Gasteiger partial charge in [0.2, 0.25) is 5.95 Å². The van der Waals surface area contributed by atoms with Crippen LogP contribution in [0.25, 0.3) is 11.0 Å². The molecule has 0 aliphatic rings. The summed E-state index contributed by atoms with van der Waals surface area (Å²) in [5, 5.41) is 0. The van der Waals surface area contributed by atoms with Gasteiger partial charge in [-0.1, -0.05) is 0 Å². The SMILES string of the molecule is CCOC(C)(C)Cn1c(N)nc2cc(F)c(Br)cc21. The minimum atomic E-state index is -0.364. The van der Waals surface area contributed by atoms with Crippen molar-refractivity contribution in [2.45, 2.75) is 32.9 Å². The minimum absolute atomic E-state index is 0.346. The van der Waals surface area contributed by atoms with Gasteiger partial charge >= 0.3 is 0 Å². The van der Waals surface area contributed by atoms with Crippen LogP contribution in [-0.4, -0.2) is 21.8 Å². The molecule has 0 radical (unpaired) electrons. The summed E-state index contributed by atoms with van der Waals surface area (Å²) in [4.78, 5) is 4.18. The van der Waals surface area contributed by atoms with Gasteiger partial charge in [-0.25, -0.2) is 9.37 Å². The molecule has 2 aromatic rings. The van der Waals surface area contributed by atoms with Crippen molar-refractivity contribution < 1.29 is 9.13 Å². The first-order chi connectivity index (χ1) is 8.84. The van der Waals surface area contributed by atoms with Gasteiger partial charge in [0.25, 0.3) is 0 Å². The first-order valence-electron chi connectivity index (χ1n) is 6.09. The molecule has 0 atom stereocenters. The first kappa shape index (κ1) is 14.3. The Hall–Kier alpha value is -1.14. The van der Waals surface area contributed by atoms with E-state index in [0.717, 1.165) is 5.52 Å². The molecule has 0 amide bonds. The lowest BCUT2D eigenvalue weighted by Crippen LogP contribution is -2.31. The molecule has 0 bridgehead atoms. The summed E-state index contributed by atoms with van der Waals surface area (Å²) in [5.41, 5.74) is 6.89. The van der Waals surface area contributed by atoms with E-state index in [4.69, 9.17) is 10.5 Å². The number of fused-ring (bicyclic) bond motifs is 1. The van der Waals surface area contributed by atoms with Crippen LogP contribution in [0.4, 0.5) is 10.3 Å². The molecule has 0 aliphatic heterocycles. The predicted octanol–water partition coefficient (Wildman–Crippen LogP) is 3.34. The topological polar surface area (TPSA) is 53.1 Å². The van der Waals surface area contributed by atoms with Crippen LogP contribution < -0.4 is 5.73 Å². The number of ether oxygens (including phenoxy) is 1. The molecular formula is C13H17BrFN3O. The molecule has 19 heavy (non-hydrogen) atoms. The summed E-state index contributed by atoms with van der Waals surface area (Å²) in [6, 6.07) is 3.07. The van der Waals surface area contributed by atoms with Crippen LogP contribution >= 0.6 is 15.9 Å². The van der Waals surface area contributed by atoms with E-state index in [9.17, 15) is 4.39 Å². The number of hydrogen-bond donors (Lipinski definition) is 1. The largest absolute Gasteiger partial charge is 0.374 e. The normalized spacial score (nSPS) is 12.3. The molecule has 1 aromatic heterocycles. The Labute approximate surface area is 119 Å². The van der Waals surface area contributed by atoms with Gasteiger partial charge in [-0.05, 0) is 42.8 Å². The van der Waals surface area contributed by atoms with Crippen molar-refractivity contribution >= 4 is 32.9 Å². The minimum Gasteiger partial charge on any atom is -0.374 e. The van der Waals surface area contributed by atoms with Crippen molar-refractivity contribution in [3.63, 3.8) is 0 Å². The van der Waals surface area contributed by atoms with Crippen LogP contribution in [0.2, 0.25) is 0 Å². The van der Waals surface area contributed by atoms with Gasteiger partial charge in [0.1, 0.15) is 5.82 Å². The first-order valence-corrected chi connectivity index (χ1v) is 6.88. The number of nitrogens with two attached hydrogens (primary N) is 1. The zero-order valence-electron chi connectivity index (χ0n) is 11.2. The van der Waals surface area contributed by atoms with Gasteiger partial charge in [-0.3, -0.25) is 0 Å². The van der Waals surface area contributed by atoms with Crippen LogP contribution in [0.15, 0.2) is 16.6 Å². The number of halogens is 2. The molecule has 0 saturated carbocycles. The summed E-state index contributed by atoms with van der Waals surface area (Å²) in [6.45, 7) is 7.10. The summed E-state index contributed by atoms with van der Waals surface area (Å²) >= 11 is 3.18. The average Bonchev–Trinajstić information content (AvgIpc) is 2.56. The molecule has 6 heteroatoms. The van der Waals surface area contributed by atoms with Crippen molar-refractivity contribution in [3.8, 4) is 0 Å². The second-order valence-electron chi connectivity index (χ2n) is 5.00. The number of imidazole rings is 1. The highest BCUT2D eigenvalue weighted by molar-refractivity contribution is 9.10. The number of anilines is 1. The van der Waals surface area contributed by atoms with Gasteiger partial charge in [0, 0.05) is 12.7 Å². The van der Waals surface area contributed by atoms with E-state index < -0.39 is 0 Å². The third-order valence-electron chi connectivity index (χ3n) is 2.89. The predicted molar refractivity (Wildman–Crippen MR) is 77.5 cm³/mol. The molecular weight excluding hydrogens is 313 g/mol. The standard InChI is InChI=1S/C13H17BrFN3O/c1-4-19-13(2,3)7-18-11-5-8(14)9(15)6-10(11)17-12(18)16/h5-6H,4,7H2,1-3H3,(H2,16,17). The molecule has 0 aliphatic carbocycles. The van der Waals surface area contributed by atoms with Gasteiger partial charge in [-0.2, -0.15) is 0 Å². The van der Waals surface area contributed by atoms with Crippen molar-refractivity contribution in [3.05, 3.63) is 22.4 Å². The Morgan fingerprint density at radius 2 is 2.16 bits per heavy atom. The number of aromatic nitrogens is 2. The number of nitrogens with zero attached hydrogens (tertiary/aromatic N) is 2. The highest BCUT2D eigenvalue weighted by atomic mass is 79.9. The van der Waals surface area contributed by atoms with E-state index in [0.29, 0.717) is 29.1 Å². The smallest absolute Gasteiger partial charge is 0.201 e. The number of nitrogen functional groups attached to an aromatic ring is 1. The third kappa shape index (κ3) is 2.90. The van der Waals surface area contributed by atoms with Gasteiger partial charge < -0.3 is 15.0 Å². The monoisotopic (exact) mass is 329 g/mol. The maximum atomic E-state index is 13.5. The van der Waals surface area contributed by atoms with E-state index in [1.807, 2.05) is 25.3 Å². The summed E-state index contributed by atoms with van der Waals surface area (Å²) < 4.78 is 21.4. The average molecular weight is 330 g/mol. The van der Waals surface area contributed by atoms with Crippen molar-refractivity contribution in [1.82, 2.24) is 9.55 Å². The lowest BCUT2D eigenvalue weighted by Gasteiger charge is -2.25. The number of rotatable bonds is 4. The van der Waals surface area contributed by atoms with Crippen LogP contribution in [0.3, 0.4) is 0 Å². The number of hydrogen-bond acceptors (Lipinski definition) is 3. The lowest BCUT2D eigenvalue weighted by molar-refractivity contribution is -0.0212. The van der Waals surface area contributed by atoms with E-state index in [1.165, 1.54) is 6.07 Å². The van der Waals surface area contributed by atoms with E-state index in [2.05, 4.69) is 20.9 Å². The van der Waals surface area contributed by atoms with Crippen LogP contribution in [0, 0.1) is 5.82 Å². The fourth-order valence-electron chi connectivity index (χ4n) is 2.12. The van der Waals surface area contributed by atoms with Crippen LogP contribution in [0.1, 0.15) is 20.8 Å². The quantitative estimate of drug-likeness (QED) is 0.935. The molecule has 0 saturated heterocycles. The zero-order valence-corrected chi connectivity index (χ0v) is 12.8. The summed E-state index contributed by atoms with van der Waals surface area (Å²) in [7, 11) is 0. The van der Waals surface area contributed by atoms with Crippen LogP contribution in [0.5, 0.6) is 0 Å². The molecule has 4 nitrogen and oxygen atoms in total. The third-order valence-corrected chi connectivity index (χ3v) is 3.50. The van der Waals surface area contributed by atoms with E-state index >= 15 is 0 Å². The number of benzene rings is 1. The Morgan fingerprint density at radius 3 is 2.79 bits per heavy atom. The molecule has 0 unspecified atom stereocenters. The molecule has 2 N–H and O–H groups in total. The highest BCUT2D eigenvalue weighted by Crippen LogP contribution is 2.27. The van der Waals surface area contributed by atoms with Gasteiger partial charge in [-0.15, -0.1) is 0 Å². The Balaban J connectivity index is 2.48. The molecule has 1 heterocycles. The summed E-state index contributed by atoms with van der Waals surface area (Å²) in [5.74, 6) is 0.0153. The maximum absolute atomic E-state index is 13.5. The highest BCUT2D eigenvalue weighted by Gasteiger charge is 2.22. The second-order valence-corrected chi connectivity index (χ2v) is 5.86. The Morgan fingerprint density at radius 1 is 1.47 bits per heavy atom. The molecule has 0 fully saturated rings. The van der Waals surface area contributed by atoms with Crippen molar-refractivity contribution in [2.75, 3.05) is 12.3 Å². The molecule has 104 valence electrons. The maximum Gasteiger partial charge on any atom is 0.201 e. The molecule has 1 aromatic carbocycles.